The van der Waals surface area contributed by atoms with Gasteiger partial charge in [0.25, 0.3) is 0 Å². The first-order valence-corrected chi connectivity index (χ1v) is 7.51. The third kappa shape index (κ3) is 1.81. The van der Waals surface area contributed by atoms with Crippen molar-refractivity contribution in [3.63, 3.8) is 0 Å². The summed E-state index contributed by atoms with van der Waals surface area (Å²) in [6.45, 7) is 0.276. The lowest BCUT2D eigenvalue weighted by molar-refractivity contribution is 0.0305. The molecule has 1 aliphatic rings. The number of aromatic nitrogens is 1. The second kappa shape index (κ2) is 4.56. The normalized spacial score (nSPS) is 20.1. The van der Waals surface area contributed by atoms with Crippen LogP contribution in [0.5, 0.6) is 5.75 Å². The second-order valence-corrected chi connectivity index (χ2v) is 6.28. The second-order valence-electron chi connectivity index (χ2n) is 5.41. The number of aliphatic hydroxyl groups is 1. The van der Waals surface area contributed by atoms with Gasteiger partial charge in [-0.05, 0) is 30.3 Å². The molecule has 0 saturated heterocycles. The zero-order chi connectivity index (χ0) is 15.5. The van der Waals surface area contributed by atoms with E-state index in [1.165, 1.54) is 6.20 Å². The average Bonchev–Trinajstić information content (AvgIpc) is 2.98. The molecular weight excluding hydrogens is 323 g/mol. The van der Waals surface area contributed by atoms with Crippen molar-refractivity contribution in [2.45, 2.75) is 5.72 Å². The Bertz CT molecular complexity index is 907. The molecule has 0 saturated carbocycles. The van der Waals surface area contributed by atoms with Gasteiger partial charge >= 0.3 is 0 Å². The average molecular weight is 335 g/mol. The molecule has 1 atom stereocenters. The van der Waals surface area contributed by atoms with Crippen LogP contribution in [0, 0.1) is 0 Å². The van der Waals surface area contributed by atoms with Crippen molar-refractivity contribution >= 4 is 39.8 Å². The number of nitrogens with zero attached hydrogens (tertiary/aromatic N) is 1. The monoisotopic (exact) mass is 334 g/mol. The minimum absolute atomic E-state index is 0.0995. The van der Waals surface area contributed by atoms with Crippen molar-refractivity contribution in [3.05, 3.63) is 58.2 Å². The Morgan fingerprint density at radius 2 is 1.82 bits per heavy atom. The molecule has 2 aromatic carbocycles. The molecule has 1 aliphatic heterocycles. The van der Waals surface area contributed by atoms with E-state index in [2.05, 4.69) is 5.32 Å². The largest absolute Gasteiger partial charge is 0.506 e. The van der Waals surface area contributed by atoms with E-state index in [1.807, 2.05) is 0 Å². The fourth-order valence-electron chi connectivity index (χ4n) is 3.03. The number of nitrogens with one attached hydrogen (secondary N) is 1. The molecule has 2 heterocycles. The Hall–Kier alpha value is -1.88. The third-order valence-electron chi connectivity index (χ3n) is 4.08. The summed E-state index contributed by atoms with van der Waals surface area (Å²) < 4.78 is 1.64. The van der Waals surface area contributed by atoms with Crippen LogP contribution in [0.4, 0.5) is 5.69 Å². The molecule has 0 spiro atoms. The van der Waals surface area contributed by atoms with E-state index in [4.69, 9.17) is 23.2 Å². The lowest BCUT2D eigenvalue weighted by atomic mass is 10.0. The quantitative estimate of drug-likeness (QED) is 0.634. The van der Waals surface area contributed by atoms with Crippen LogP contribution >= 0.6 is 23.2 Å². The van der Waals surface area contributed by atoms with Gasteiger partial charge in [-0.3, -0.25) is 0 Å². The highest BCUT2D eigenvalue weighted by molar-refractivity contribution is 6.31. The smallest absolute Gasteiger partial charge is 0.188 e. The standard InChI is InChI=1S/C16H12Cl2N2O2/c17-9-2-4-12-13(5-9)19-8-16(12,22)20-7-15(21)11-3-1-10(18)6-14(11)20/h1-7,19,21-22H,8H2. The highest BCUT2D eigenvalue weighted by Gasteiger charge is 2.39. The predicted octanol–water partition coefficient (Wildman–Crippen LogP) is 3.77. The molecule has 0 aliphatic carbocycles. The Morgan fingerprint density at radius 3 is 2.64 bits per heavy atom. The molecule has 1 aromatic heterocycles. The summed E-state index contributed by atoms with van der Waals surface area (Å²) in [4.78, 5) is 0. The molecule has 22 heavy (non-hydrogen) atoms. The highest BCUT2D eigenvalue weighted by Crippen LogP contribution is 2.41. The van der Waals surface area contributed by atoms with E-state index < -0.39 is 5.72 Å². The minimum Gasteiger partial charge on any atom is -0.506 e. The SMILES string of the molecule is Oc1cn(C2(O)CNc3cc(Cl)ccc32)c2cc(Cl)ccc12. The number of fused-ring (bicyclic) bond motifs is 2. The van der Waals surface area contributed by atoms with Crippen molar-refractivity contribution in [3.8, 4) is 5.75 Å². The topological polar surface area (TPSA) is 57.4 Å². The first kappa shape index (κ1) is 13.8. The summed E-state index contributed by atoms with van der Waals surface area (Å²) in [6.07, 6.45) is 1.52. The Labute approximate surface area is 136 Å². The molecule has 0 radical (unpaired) electrons. The van der Waals surface area contributed by atoms with Gasteiger partial charge in [0.05, 0.1) is 12.1 Å². The summed E-state index contributed by atoms with van der Waals surface area (Å²) in [7, 11) is 0. The first-order chi connectivity index (χ1) is 10.5. The molecule has 6 heteroatoms. The van der Waals surface area contributed by atoms with Crippen molar-refractivity contribution in [1.82, 2.24) is 4.57 Å². The number of β-amino-alcohol motifs (C(OH)–C–C–N with tert-alkyl or cyclic N) is 1. The Kier molecular flexibility index (Phi) is 2.85. The van der Waals surface area contributed by atoms with Crippen LogP contribution in [0.1, 0.15) is 5.56 Å². The molecule has 3 N–H and O–H groups in total. The summed E-state index contributed by atoms with van der Waals surface area (Å²) in [6, 6.07) is 10.5. The van der Waals surface area contributed by atoms with Crippen molar-refractivity contribution in [2.24, 2.45) is 0 Å². The van der Waals surface area contributed by atoms with Crippen molar-refractivity contribution in [1.29, 1.82) is 0 Å². The maximum absolute atomic E-state index is 11.2. The highest BCUT2D eigenvalue weighted by atomic mass is 35.5. The third-order valence-corrected chi connectivity index (χ3v) is 4.55. The lowest BCUT2D eigenvalue weighted by Gasteiger charge is -2.26. The maximum Gasteiger partial charge on any atom is 0.188 e. The van der Waals surface area contributed by atoms with Gasteiger partial charge in [0.1, 0.15) is 5.75 Å². The van der Waals surface area contributed by atoms with Gasteiger partial charge in [-0.1, -0.05) is 29.3 Å². The zero-order valence-corrected chi connectivity index (χ0v) is 12.9. The summed E-state index contributed by atoms with van der Waals surface area (Å²) >= 11 is 12.1. The molecule has 3 aromatic rings. The minimum atomic E-state index is -1.32. The fraction of sp³-hybridized carbons (Fsp3) is 0.125. The number of benzene rings is 2. The van der Waals surface area contributed by atoms with E-state index >= 15 is 0 Å². The number of halogens is 2. The van der Waals surface area contributed by atoms with Gasteiger partial charge in [-0.25, -0.2) is 0 Å². The van der Waals surface area contributed by atoms with Gasteiger partial charge in [-0.2, -0.15) is 0 Å². The molecule has 0 bridgehead atoms. The van der Waals surface area contributed by atoms with Gasteiger partial charge in [0, 0.05) is 32.9 Å². The van der Waals surface area contributed by atoms with Crippen LogP contribution in [0.15, 0.2) is 42.6 Å². The fourth-order valence-corrected chi connectivity index (χ4v) is 3.37. The summed E-state index contributed by atoms with van der Waals surface area (Å²) in [5, 5.41) is 26.3. The van der Waals surface area contributed by atoms with E-state index in [1.54, 1.807) is 41.0 Å². The number of aromatic hydroxyl groups is 1. The molecule has 0 fully saturated rings. The molecule has 4 nitrogen and oxygen atoms in total. The summed E-state index contributed by atoms with van der Waals surface area (Å²) in [5.74, 6) is 0.0995. The van der Waals surface area contributed by atoms with Crippen LogP contribution in [0.3, 0.4) is 0 Å². The van der Waals surface area contributed by atoms with Gasteiger partial charge in [0.2, 0.25) is 0 Å². The number of rotatable bonds is 1. The van der Waals surface area contributed by atoms with Crippen LogP contribution in [0.25, 0.3) is 10.9 Å². The van der Waals surface area contributed by atoms with Crippen molar-refractivity contribution < 1.29 is 10.2 Å². The Morgan fingerprint density at radius 1 is 1.09 bits per heavy atom. The van der Waals surface area contributed by atoms with Crippen LogP contribution < -0.4 is 5.32 Å². The Balaban J connectivity index is 1.99. The van der Waals surface area contributed by atoms with E-state index in [0.717, 1.165) is 5.69 Å². The van der Waals surface area contributed by atoms with Gasteiger partial charge in [-0.15, -0.1) is 0 Å². The lowest BCUT2D eigenvalue weighted by Crippen LogP contribution is -2.36. The molecular formula is C16H12Cl2N2O2. The predicted molar refractivity (Wildman–Crippen MR) is 87.8 cm³/mol. The molecule has 1 unspecified atom stereocenters. The van der Waals surface area contributed by atoms with Crippen LogP contribution in [0.2, 0.25) is 10.0 Å². The van der Waals surface area contributed by atoms with E-state index in [0.29, 0.717) is 26.5 Å². The van der Waals surface area contributed by atoms with E-state index in [9.17, 15) is 10.2 Å². The van der Waals surface area contributed by atoms with Crippen LogP contribution in [-0.4, -0.2) is 21.3 Å². The van der Waals surface area contributed by atoms with Crippen molar-refractivity contribution in [2.75, 3.05) is 11.9 Å². The van der Waals surface area contributed by atoms with Gasteiger partial charge < -0.3 is 20.1 Å². The summed E-state index contributed by atoms with van der Waals surface area (Å²) in [5.41, 5.74) is 0.827. The zero-order valence-electron chi connectivity index (χ0n) is 11.3. The molecule has 0 amide bonds. The number of anilines is 1. The first-order valence-electron chi connectivity index (χ1n) is 6.75. The number of hydrogen-bond acceptors (Lipinski definition) is 3. The van der Waals surface area contributed by atoms with E-state index in [-0.39, 0.29) is 12.3 Å². The van der Waals surface area contributed by atoms with Crippen LogP contribution in [-0.2, 0) is 5.72 Å². The molecule has 4 rings (SSSR count). The number of hydrogen-bond donors (Lipinski definition) is 3. The van der Waals surface area contributed by atoms with Gasteiger partial charge in [0.15, 0.2) is 5.72 Å². The maximum atomic E-state index is 11.2. The molecule has 112 valence electrons.